The molecule has 3 rings (SSSR count). The molecule has 0 aliphatic carbocycles. The quantitative estimate of drug-likeness (QED) is 0.786. The van der Waals surface area contributed by atoms with Crippen molar-refractivity contribution in [2.24, 2.45) is 7.05 Å². The zero-order chi connectivity index (χ0) is 13.4. The van der Waals surface area contributed by atoms with Gasteiger partial charge >= 0.3 is 0 Å². The van der Waals surface area contributed by atoms with Crippen molar-refractivity contribution in [3.8, 4) is 0 Å². The zero-order valence-electron chi connectivity index (χ0n) is 10.7. The van der Waals surface area contributed by atoms with Crippen molar-refractivity contribution in [3.63, 3.8) is 0 Å². The van der Waals surface area contributed by atoms with Gasteiger partial charge in [-0.2, -0.15) is 5.10 Å². The summed E-state index contributed by atoms with van der Waals surface area (Å²) in [6, 6.07) is 6.62. The minimum atomic E-state index is -0.343. The summed E-state index contributed by atoms with van der Waals surface area (Å²) in [4.78, 5) is 0. The molecule has 0 aliphatic heterocycles. The van der Waals surface area contributed by atoms with Gasteiger partial charge in [0.05, 0.1) is 12.2 Å². The number of para-hydroxylation sites is 1. The van der Waals surface area contributed by atoms with Crippen LogP contribution in [0.1, 0.15) is 17.4 Å². The number of aryl methyl sites for hydroxylation is 1. The van der Waals surface area contributed by atoms with Crippen molar-refractivity contribution in [1.82, 2.24) is 15.1 Å². The molecule has 4 nitrogen and oxygen atoms in total. The number of hydrogen-bond acceptors (Lipinski definition) is 3. The van der Waals surface area contributed by atoms with Gasteiger partial charge in [0.2, 0.25) is 0 Å². The molecule has 0 saturated carbocycles. The lowest BCUT2D eigenvalue weighted by molar-refractivity contribution is 0.476. The van der Waals surface area contributed by atoms with Gasteiger partial charge in [0.1, 0.15) is 5.76 Å². The van der Waals surface area contributed by atoms with E-state index in [0.717, 1.165) is 10.9 Å². The maximum absolute atomic E-state index is 13.6. The van der Waals surface area contributed by atoms with E-state index in [-0.39, 0.29) is 11.9 Å². The second-order valence-electron chi connectivity index (χ2n) is 4.48. The van der Waals surface area contributed by atoms with Gasteiger partial charge in [0.25, 0.3) is 0 Å². The van der Waals surface area contributed by atoms with Crippen LogP contribution in [0.4, 0.5) is 4.39 Å². The second-order valence-corrected chi connectivity index (χ2v) is 4.48. The lowest BCUT2D eigenvalue weighted by atomic mass is 10.1. The Hall–Kier alpha value is -2.14. The molecular formula is C14H14FN3O. The van der Waals surface area contributed by atoms with Crippen LogP contribution in [-0.4, -0.2) is 16.8 Å². The topological polar surface area (TPSA) is 43.0 Å². The van der Waals surface area contributed by atoms with E-state index in [1.165, 1.54) is 6.07 Å². The summed E-state index contributed by atoms with van der Waals surface area (Å²) in [5.41, 5.74) is 1.27. The van der Waals surface area contributed by atoms with Crippen LogP contribution in [0, 0.1) is 5.82 Å². The molecule has 0 bridgehead atoms. The molecule has 98 valence electrons. The highest BCUT2D eigenvalue weighted by molar-refractivity contribution is 5.78. The highest BCUT2D eigenvalue weighted by atomic mass is 19.1. The minimum Gasteiger partial charge on any atom is -0.456 e. The fourth-order valence-electron chi connectivity index (χ4n) is 2.25. The summed E-state index contributed by atoms with van der Waals surface area (Å²) >= 11 is 0. The third-order valence-corrected chi connectivity index (χ3v) is 3.15. The molecular weight excluding hydrogens is 245 g/mol. The Morgan fingerprint density at radius 3 is 2.89 bits per heavy atom. The highest BCUT2D eigenvalue weighted by Gasteiger charge is 2.19. The molecule has 3 aromatic rings. The van der Waals surface area contributed by atoms with Crippen LogP contribution in [0.15, 0.2) is 41.1 Å². The number of nitrogens with zero attached hydrogens (tertiary/aromatic N) is 2. The summed E-state index contributed by atoms with van der Waals surface area (Å²) in [6.07, 6.45) is 3.68. The van der Waals surface area contributed by atoms with E-state index in [1.807, 2.05) is 32.4 Å². The fraction of sp³-hybridized carbons (Fsp3) is 0.214. The van der Waals surface area contributed by atoms with Gasteiger partial charge in [-0.3, -0.25) is 4.68 Å². The van der Waals surface area contributed by atoms with E-state index in [2.05, 4.69) is 10.4 Å². The number of halogens is 1. The lowest BCUT2D eigenvalue weighted by Crippen LogP contribution is -2.16. The van der Waals surface area contributed by atoms with Crippen molar-refractivity contribution in [3.05, 3.63) is 53.8 Å². The Morgan fingerprint density at radius 1 is 1.42 bits per heavy atom. The average molecular weight is 259 g/mol. The fourth-order valence-corrected chi connectivity index (χ4v) is 2.25. The Kier molecular flexibility index (Phi) is 2.83. The van der Waals surface area contributed by atoms with Crippen molar-refractivity contribution >= 4 is 11.0 Å². The number of benzene rings is 1. The van der Waals surface area contributed by atoms with Crippen LogP contribution in [0.5, 0.6) is 0 Å². The average Bonchev–Trinajstić information content (AvgIpc) is 2.98. The van der Waals surface area contributed by atoms with Crippen LogP contribution < -0.4 is 5.32 Å². The number of hydrogen-bond donors (Lipinski definition) is 1. The van der Waals surface area contributed by atoms with Gasteiger partial charge in [0.15, 0.2) is 11.4 Å². The Balaban J connectivity index is 2.09. The van der Waals surface area contributed by atoms with Gasteiger partial charge < -0.3 is 9.73 Å². The van der Waals surface area contributed by atoms with Crippen molar-refractivity contribution in [2.75, 3.05) is 7.05 Å². The predicted molar refractivity (Wildman–Crippen MR) is 70.3 cm³/mol. The monoisotopic (exact) mass is 259 g/mol. The number of rotatable bonds is 3. The first-order chi connectivity index (χ1) is 9.19. The van der Waals surface area contributed by atoms with E-state index in [0.29, 0.717) is 11.3 Å². The standard InChI is InChI=1S/C14H14FN3O/c1-16-13(10-7-17-18(2)8-10)12-6-9-4-3-5-11(15)14(9)19-12/h3-8,13,16H,1-2H3. The summed E-state index contributed by atoms with van der Waals surface area (Å²) in [5.74, 6) is 0.334. The number of nitrogens with one attached hydrogen (secondary N) is 1. The van der Waals surface area contributed by atoms with E-state index in [9.17, 15) is 4.39 Å². The molecule has 0 amide bonds. The molecule has 0 fully saturated rings. The van der Waals surface area contributed by atoms with Crippen molar-refractivity contribution in [2.45, 2.75) is 6.04 Å². The largest absolute Gasteiger partial charge is 0.456 e. The van der Waals surface area contributed by atoms with E-state index >= 15 is 0 Å². The SMILES string of the molecule is CNC(c1cnn(C)c1)c1cc2cccc(F)c2o1. The third-order valence-electron chi connectivity index (χ3n) is 3.15. The first-order valence-electron chi connectivity index (χ1n) is 6.03. The molecule has 5 heteroatoms. The third kappa shape index (κ3) is 2.02. The zero-order valence-corrected chi connectivity index (χ0v) is 10.7. The molecule has 1 aromatic carbocycles. The molecule has 1 N–H and O–H groups in total. The molecule has 19 heavy (non-hydrogen) atoms. The summed E-state index contributed by atoms with van der Waals surface area (Å²) in [6.45, 7) is 0. The first kappa shape index (κ1) is 11.9. The van der Waals surface area contributed by atoms with E-state index in [4.69, 9.17) is 4.42 Å². The van der Waals surface area contributed by atoms with Crippen LogP contribution in [-0.2, 0) is 7.05 Å². The number of aromatic nitrogens is 2. The van der Waals surface area contributed by atoms with Crippen molar-refractivity contribution < 1.29 is 8.81 Å². The second kappa shape index (κ2) is 4.51. The normalized spacial score (nSPS) is 13.0. The molecule has 2 aromatic heterocycles. The molecule has 1 atom stereocenters. The predicted octanol–water partition coefficient (Wildman–Crippen LogP) is 2.61. The Bertz CT molecular complexity index is 716. The summed E-state index contributed by atoms with van der Waals surface area (Å²) in [5, 5.41) is 8.07. The first-order valence-corrected chi connectivity index (χ1v) is 6.03. The molecule has 0 saturated heterocycles. The maximum atomic E-state index is 13.6. The van der Waals surface area contributed by atoms with Gasteiger partial charge in [-0.25, -0.2) is 4.39 Å². The summed E-state index contributed by atoms with van der Waals surface area (Å²) in [7, 11) is 3.69. The van der Waals surface area contributed by atoms with E-state index in [1.54, 1.807) is 16.9 Å². The molecule has 0 spiro atoms. The smallest absolute Gasteiger partial charge is 0.169 e. The van der Waals surface area contributed by atoms with Gasteiger partial charge in [0, 0.05) is 24.2 Å². The molecule has 1 unspecified atom stereocenters. The molecule has 0 radical (unpaired) electrons. The minimum absolute atomic E-state index is 0.138. The maximum Gasteiger partial charge on any atom is 0.169 e. The van der Waals surface area contributed by atoms with Crippen LogP contribution in [0.3, 0.4) is 0 Å². The summed E-state index contributed by atoms with van der Waals surface area (Å²) < 4.78 is 21.0. The van der Waals surface area contributed by atoms with E-state index < -0.39 is 0 Å². The van der Waals surface area contributed by atoms with Crippen molar-refractivity contribution in [1.29, 1.82) is 0 Å². The van der Waals surface area contributed by atoms with Crippen LogP contribution in [0.25, 0.3) is 11.0 Å². The van der Waals surface area contributed by atoms with Gasteiger partial charge in [-0.1, -0.05) is 12.1 Å². The van der Waals surface area contributed by atoms with Crippen LogP contribution in [0.2, 0.25) is 0 Å². The number of furan rings is 1. The number of fused-ring (bicyclic) bond motifs is 1. The van der Waals surface area contributed by atoms with Gasteiger partial charge in [-0.15, -0.1) is 0 Å². The molecule has 2 heterocycles. The Morgan fingerprint density at radius 2 is 2.26 bits per heavy atom. The Labute approximate surface area is 109 Å². The van der Waals surface area contributed by atoms with Gasteiger partial charge in [-0.05, 0) is 19.2 Å². The lowest BCUT2D eigenvalue weighted by Gasteiger charge is -2.10. The molecule has 0 aliphatic rings. The van der Waals surface area contributed by atoms with Crippen LogP contribution >= 0.6 is 0 Å². The highest BCUT2D eigenvalue weighted by Crippen LogP contribution is 2.29.